The van der Waals surface area contributed by atoms with Gasteiger partial charge in [-0.1, -0.05) is 6.92 Å². The van der Waals surface area contributed by atoms with Gasteiger partial charge in [-0.15, -0.1) is 0 Å². The maximum absolute atomic E-state index is 13.2. The van der Waals surface area contributed by atoms with E-state index < -0.39 is 0 Å². The van der Waals surface area contributed by atoms with Crippen molar-refractivity contribution in [2.75, 3.05) is 44.2 Å². The van der Waals surface area contributed by atoms with Crippen molar-refractivity contribution in [1.82, 2.24) is 9.80 Å². The largest absolute Gasteiger partial charge is 0.456 e. The maximum Gasteiger partial charge on any atom is 0.289 e. The van der Waals surface area contributed by atoms with Gasteiger partial charge in [0.15, 0.2) is 5.76 Å². The lowest BCUT2D eigenvalue weighted by atomic mass is 10.2. The smallest absolute Gasteiger partial charge is 0.289 e. The molecule has 0 atom stereocenters. The molecule has 0 bridgehead atoms. The first-order valence-corrected chi connectivity index (χ1v) is 10.8. The number of anilines is 1. The van der Waals surface area contributed by atoms with E-state index in [1.54, 1.807) is 12.1 Å². The first kappa shape index (κ1) is 20.0. The van der Waals surface area contributed by atoms with Gasteiger partial charge in [0.05, 0.1) is 0 Å². The Kier molecular flexibility index (Phi) is 6.19. The standard InChI is InChI=1S/C23H30FN3O2/c1-2-21-18(17-25-10-3-4-11-25)16-22(29-21)23(28)27-13-5-12-26(14-15-27)20-8-6-19(24)7-9-20/h6-9,16H,2-5,10-15,17H2,1H3. The van der Waals surface area contributed by atoms with E-state index in [0.717, 1.165) is 62.6 Å². The highest BCUT2D eigenvalue weighted by atomic mass is 19.1. The number of benzene rings is 1. The molecule has 0 unspecified atom stereocenters. The number of carbonyl (C=O) groups excluding carboxylic acids is 1. The van der Waals surface area contributed by atoms with Crippen molar-refractivity contribution in [3.05, 3.63) is 53.2 Å². The molecule has 6 heteroatoms. The van der Waals surface area contributed by atoms with Gasteiger partial charge in [0.2, 0.25) is 0 Å². The molecule has 0 radical (unpaired) electrons. The van der Waals surface area contributed by atoms with E-state index in [1.165, 1.54) is 25.0 Å². The second kappa shape index (κ2) is 8.99. The van der Waals surface area contributed by atoms with E-state index >= 15 is 0 Å². The molecule has 0 aliphatic carbocycles. The predicted octanol–water partition coefficient (Wildman–Crippen LogP) is 3.93. The van der Waals surface area contributed by atoms with Crippen LogP contribution in [0.15, 0.2) is 34.7 Å². The van der Waals surface area contributed by atoms with E-state index in [9.17, 15) is 9.18 Å². The van der Waals surface area contributed by atoms with E-state index in [4.69, 9.17) is 4.42 Å². The van der Waals surface area contributed by atoms with Crippen LogP contribution in [0.25, 0.3) is 0 Å². The number of rotatable bonds is 5. The predicted molar refractivity (Wildman–Crippen MR) is 112 cm³/mol. The average molecular weight is 400 g/mol. The molecular formula is C23H30FN3O2. The summed E-state index contributed by atoms with van der Waals surface area (Å²) in [5, 5.41) is 0. The van der Waals surface area contributed by atoms with Crippen molar-refractivity contribution in [2.24, 2.45) is 0 Å². The van der Waals surface area contributed by atoms with Gasteiger partial charge in [-0.25, -0.2) is 4.39 Å². The summed E-state index contributed by atoms with van der Waals surface area (Å²) in [5.74, 6) is 1.15. The van der Waals surface area contributed by atoms with Crippen molar-refractivity contribution < 1.29 is 13.6 Å². The average Bonchev–Trinajstić information content (AvgIpc) is 3.32. The van der Waals surface area contributed by atoms with Crippen molar-refractivity contribution in [1.29, 1.82) is 0 Å². The van der Waals surface area contributed by atoms with Crippen LogP contribution in [0.3, 0.4) is 0 Å². The third kappa shape index (κ3) is 4.64. The first-order valence-electron chi connectivity index (χ1n) is 10.8. The minimum absolute atomic E-state index is 0.0201. The molecule has 156 valence electrons. The summed E-state index contributed by atoms with van der Waals surface area (Å²) in [6.07, 6.45) is 4.19. The van der Waals surface area contributed by atoms with Crippen LogP contribution in [0, 0.1) is 5.82 Å². The molecule has 4 rings (SSSR count). The summed E-state index contributed by atoms with van der Waals surface area (Å²) in [6, 6.07) is 8.54. The molecule has 0 spiro atoms. The number of likely N-dealkylation sites (tertiary alicyclic amines) is 1. The molecule has 3 heterocycles. The molecule has 1 aromatic carbocycles. The number of nitrogens with zero attached hydrogens (tertiary/aromatic N) is 3. The maximum atomic E-state index is 13.2. The summed E-state index contributed by atoms with van der Waals surface area (Å²) >= 11 is 0. The van der Waals surface area contributed by atoms with Crippen LogP contribution in [0.1, 0.15) is 48.1 Å². The fourth-order valence-electron chi connectivity index (χ4n) is 4.37. The molecule has 29 heavy (non-hydrogen) atoms. The molecule has 1 aromatic heterocycles. The van der Waals surface area contributed by atoms with Crippen LogP contribution in [0.4, 0.5) is 10.1 Å². The zero-order chi connectivity index (χ0) is 20.2. The van der Waals surface area contributed by atoms with Gasteiger partial charge in [0.25, 0.3) is 5.91 Å². The second-order valence-corrected chi connectivity index (χ2v) is 8.01. The van der Waals surface area contributed by atoms with Gasteiger partial charge in [0.1, 0.15) is 11.6 Å². The fourth-order valence-corrected chi connectivity index (χ4v) is 4.37. The van der Waals surface area contributed by atoms with Crippen LogP contribution in [-0.2, 0) is 13.0 Å². The highest BCUT2D eigenvalue weighted by molar-refractivity contribution is 5.92. The third-order valence-corrected chi connectivity index (χ3v) is 6.00. The minimum atomic E-state index is -0.227. The number of halogens is 1. The zero-order valence-corrected chi connectivity index (χ0v) is 17.2. The Balaban J connectivity index is 1.42. The Labute approximate surface area is 172 Å². The van der Waals surface area contributed by atoms with Gasteiger partial charge < -0.3 is 14.2 Å². The number of amides is 1. The van der Waals surface area contributed by atoms with Crippen molar-refractivity contribution >= 4 is 11.6 Å². The van der Waals surface area contributed by atoms with Crippen LogP contribution in [-0.4, -0.2) is 55.0 Å². The van der Waals surface area contributed by atoms with Gasteiger partial charge in [-0.3, -0.25) is 9.69 Å². The number of aryl methyl sites for hydroxylation is 1. The van der Waals surface area contributed by atoms with Crippen LogP contribution < -0.4 is 4.90 Å². The van der Waals surface area contributed by atoms with E-state index in [-0.39, 0.29) is 11.7 Å². The lowest BCUT2D eigenvalue weighted by Gasteiger charge is -2.23. The Hall–Kier alpha value is -2.34. The monoisotopic (exact) mass is 399 g/mol. The normalized spacial score (nSPS) is 18.3. The molecule has 0 saturated carbocycles. The van der Waals surface area contributed by atoms with Crippen LogP contribution >= 0.6 is 0 Å². The summed E-state index contributed by atoms with van der Waals surface area (Å²) in [7, 11) is 0. The molecular weight excluding hydrogens is 369 g/mol. The highest BCUT2D eigenvalue weighted by Gasteiger charge is 2.25. The van der Waals surface area contributed by atoms with Crippen molar-refractivity contribution in [3.8, 4) is 0 Å². The van der Waals surface area contributed by atoms with Crippen LogP contribution in [0.5, 0.6) is 0 Å². The van der Waals surface area contributed by atoms with E-state index in [0.29, 0.717) is 18.8 Å². The molecule has 0 N–H and O–H groups in total. The molecule has 2 aliphatic rings. The molecule has 2 saturated heterocycles. The molecule has 1 amide bonds. The molecule has 2 aliphatic heterocycles. The quantitative estimate of drug-likeness (QED) is 0.764. The Morgan fingerprint density at radius 3 is 2.48 bits per heavy atom. The van der Waals surface area contributed by atoms with Gasteiger partial charge >= 0.3 is 0 Å². The minimum Gasteiger partial charge on any atom is -0.456 e. The summed E-state index contributed by atoms with van der Waals surface area (Å²) < 4.78 is 19.2. The van der Waals surface area contributed by atoms with Crippen molar-refractivity contribution in [2.45, 2.75) is 39.2 Å². The molecule has 2 aromatic rings. The fraction of sp³-hybridized carbons (Fsp3) is 0.522. The second-order valence-electron chi connectivity index (χ2n) is 8.01. The summed E-state index contributed by atoms with van der Waals surface area (Å²) in [5.41, 5.74) is 2.15. The number of hydrogen-bond donors (Lipinski definition) is 0. The molecule has 5 nitrogen and oxygen atoms in total. The Morgan fingerprint density at radius 1 is 1.00 bits per heavy atom. The SMILES string of the molecule is CCc1oc(C(=O)N2CCCN(c3ccc(F)cc3)CC2)cc1CN1CCCC1. The number of furan rings is 1. The Morgan fingerprint density at radius 2 is 1.76 bits per heavy atom. The number of carbonyl (C=O) groups is 1. The topological polar surface area (TPSA) is 39.9 Å². The Bertz CT molecular complexity index is 827. The van der Waals surface area contributed by atoms with E-state index in [2.05, 4.69) is 16.7 Å². The van der Waals surface area contributed by atoms with Gasteiger partial charge in [-0.05, 0) is 62.7 Å². The summed E-state index contributed by atoms with van der Waals surface area (Å²) in [6.45, 7) is 8.14. The zero-order valence-electron chi connectivity index (χ0n) is 17.2. The van der Waals surface area contributed by atoms with Gasteiger partial charge in [-0.2, -0.15) is 0 Å². The lowest BCUT2D eigenvalue weighted by Crippen LogP contribution is -2.35. The van der Waals surface area contributed by atoms with Gasteiger partial charge in [0, 0.05) is 50.4 Å². The summed E-state index contributed by atoms with van der Waals surface area (Å²) in [4.78, 5) is 19.6. The lowest BCUT2D eigenvalue weighted by molar-refractivity contribution is 0.0733. The third-order valence-electron chi connectivity index (χ3n) is 6.00. The first-order chi connectivity index (χ1) is 14.1. The van der Waals surface area contributed by atoms with Crippen molar-refractivity contribution in [3.63, 3.8) is 0 Å². The highest BCUT2D eigenvalue weighted by Crippen LogP contribution is 2.23. The van der Waals surface area contributed by atoms with Crippen LogP contribution in [0.2, 0.25) is 0 Å². The molecule has 2 fully saturated rings. The number of hydrogen-bond acceptors (Lipinski definition) is 4. The van der Waals surface area contributed by atoms with E-state index in [1.807, 2.05) is 11.0 Å².